The highest BCUT2D eigenvalue weighted by Gasteiger charge is 2.23. The van der Waals surface area contributed by atoms with Crippen molar-refractivity contribution in [2.45, 2.75) is 26.4 Å². The maximum absolute atomic E-state index is 12.5. The van der Waals surface area contributed by atoms with Crippen LogP contribution in [0.4, 0.5) is 0 Å². The lowest BCUT2D eigenvalue weighted by molar-refractivity contribution is -0.135. The number of benzene rings is 1. The van der Waals surface area contributed by atoms with Gasteiger partial charge >= 0.3 is 5.97 Å². The summed E-state index contributed by atoms with van der Waals surface area (Å²) in [5.74, 6) is -0.593. The van der Waals surface area contributed by atoms with E-state index in [-0.39, 0.29) is 12.5 Å². The Labute approximate surface area is 155 Å². The normalized spacial score (nSPS) is 13.7. The summed E-state index contributed by atoms with van der Waals surface area (Å²) in [4.78, 5) is 28.1. The molecule has 0 aliphatic carbocycles. The molecule has 3 aromatic rings. The number of fused-ring (bicyclic) bond motifs is 2. The molecule has 0 radical (unpaired) electrons. The quantitative estimate of drug-likeness (QED) is 0.663. The highest BCUT2D eigenvalue weighted by Crippen LogP contribution is 2.24. The monoisotopic (exact) mass is 368 g/mol. The highest BCUT2D eigenvalue weighted by molar-refractivity contribution is 7.10. The van der Waals surface area contributed by atoms with E-state index in [0.29, 0.717) is 18.7 Å². The number of ether oxygens (including phenoxy) is 1. The van der Waals surface area contributed by atoms with Gasteiger partial charge in [0, 0.05) is 41.6 Å². The Morgan fingerprint density at radius 2 is 2.08 bits per heavy atom. The van der Waals surface area contributed by atoms with Crippen LogP contribution >= 0.6 is 11.3 Å². The molecule has 2 aromatic heterocycles. The standard InChI is InChI=1S/C20H20N2O3S/c1-2-21-12-16(15-5-3-4-6-17(15)21)20(24)25-13-19(23)22-9-7-18-14(11-22)8-10-26-18/h3-6,8,10,12H,2,7,9,11,13H2,1H3. The van der Waals surface area contributed by atoms with Crippen molar-refractivity contribution in [3.8, 4) is 0 Å². The second-order valence-corrected chi connectivity index (χ2v) is 7.36. The van der Waals surface area contributed by atoms with Gasteiger partial charge in [-0.15, -0.1) is 11.3 Å². The van der Waals surface area contributed by atoms with Crippen LogP contribution in [0.25, 0.3) is 10.9 Å². The third-order valence-corrected chi connectivity index (χ3v) is 5.86. The van der Waals surface area contributed by atoms with Gasteiger partial charge in [0.25, 0.3) is 5.91 Å². The van der Waals surface area contributed by atoms with E-state index in [1.807, 2.05) is 35.8 Å². The Morgan fingerprint density at radius 3 is 2.92 bits per heavy atom. The molecule has 26 heavy (non-hydrogen) atoms. The summed E-state index contributed by atoms with van der Waals surface area (Å²) >= 11 is 1.73. The number of rotatable bonds is 4. The first kappa shape index (κ1) is 16.8. The molecular formula is C20H20N2O3S. The largest absolute Gasteiger partial charge is 0.452 e. The van der Waals surface area contributed by atoms with Gasteiger partial charge in [-0.25, -0.2) is 4.79 Å². The number of carbonyl (C=O) groups is 2. The molecule has 0 atom stereocenters. The molecule has 0 fully saturated rings. The third-order valence-electron chi connectivity index (χ3n) is 4.84. The molecule has 1 amide bonds. The fourth-order valence-electron chi connectivity index (χ4n) is 3.43. The van der Waals surface area contributed by atoms with E-state index in [4.69, 9.17) is 4.74 Å². The molecule has 5 nitrogen and oxygen atoms in total. The lowest BCUT2D eigenvalue weighted by Crippen LogP contribution is -2.38. The second kappa shape index (κ2) is 6.96. The maximum atomic E-state index is 12.5. The van der Waals surface area contributed by atoms with Crippen LogP contribution in [0.2, 0.25) is 0 Å². The predicted molar refractivity (Wildman–Crippen MR) is 101 cm³/mol. The minimum absolute atomic E-state index is 0.144. The zero-order valence-electron chi connectivity index (χ0n) is 14.6. The zero-order valence-corrected chi connectivity index (χ0v) is 15.4. The number of esters is 1. The fourth-order valence-corrected chi connectivity index (χ4v) is 4.32. The zero-order chi connectivity index (χ0) is 18.1. The SMILES string of the molecule is CCn1cc(C(=O)OCC(=O)N2CCc3sccc3C2)c2ccccc21. The van der Waals surface area contributed by atoms with Crippen molar-refractivity contribution in [3.63, 3.8) is 0 Å². The summed E-state index contributed by atoms with van der Waals surface area (Å²) in [6.45, 7) is 3.86. The van der Waals surface area contributed by atoms with Crippen LogP contribution in [0.1, 0.15) is 27.7 Å². The Hall–Kier alpha value is -2.60. The molecule has 4 rings (SSSR count). The number of amides is 1. The Kier molecular flexibility index (Phi) is 4.51. The minimum Gasteiger partial charge on any atom is -0.452 e. The summed E-state index contributed by atoms with van der Waals surface area (Å²) in [7, 11) is 0. The molecule has 0 spiro atoms. The number of para-hydroxylation sites is 1. The van der Waals surface area contributed by atoms with E-state index >= 15 is 0 Å². The van der Waals surface area contributed by atoms with Crippen LogP contribution in [-0.2, 0) is 29.0 Å². The van der Waals surface area contributed by atoms with Gasteiger partial charge in [-0.3, -0.25) is 4.79 Å². The van der Waals surface area contributed by atoms with Gasteiger partial charge in [-0.05, 0) is 36.4 Å². The van der Waals surface area contributed by atoms with Crippen LogP contribution in [0.15, 0.2) is 41.9 Å². The average Bonchev–Trinajstić information content (AvgIpc) is 3.29. The van der Waals surface area contributed by atoms with Crippen LogP contribution in [0.3, 0.4) is 0 Å². The van der Waals surface area contributed by atoms with Crippen molar-refractivity contribution in [2.75, 3.05) is 13.2 Å². The molecule has 0 saturated heterocycles. The van der Waals surface area contributed by atoms with Crippen molar-refractivity contribution >= 4 is 34.1 Å². The van der Waals surface area contributed by atoms with Gasteiger partial charge in [0.15, 0.2) is 6.61 Å². The first-order chi connectivity index (χ1) is 12.7. The van der Waals surface area contributed by atoms with E-state index in [1.165, 1.54) is 10.4 Å². The predicted octanol–water partition coefficient (Wildman–Crippen LogP) is 3.46. The number of hydrogen-bond donors (Lipinski definition) is 0. The van der Waals surface area contributed by atoms with Gasteiger partial charge < -0.3 is 14.2 Å². The third kappa shape index (κ3) is 3.01. The molecule has 1 aromatic carbocycles. The van der Waals surface area contributed by atoms with Gasteiger partial charge in [0.2, 0.25) is 0 Å². The van der Waals surface area contributed by atoms with Crippen LogP contribution in [0.5, 0.6) is 0 Å². The van der Waals surface area contributed by atoms with Crippen LogP contribution < -0.4 is 0 Å². The molecule has 0 unspecified atom stereocenters. The Morgan fingerprint density at radius 1 is 1.23 bits per heavy atom. The van der Waals surface area contributed by atoms with E-state index in [2.05, 4.69) is 11.4 Å². The minimum atomic E-state index is -0.449. The molecule has 0 N–H and O–H groups in total. The molecular weight excluding hydrogens is 348 g/mol. The molecule has 3 heterocycles. The summed E-state index contributed by atoms with van der Waals surface area (Å²) in [6, 6.07) is 9.79. The number of thiophene rings is 1. The van der Waals surface area contributed by atoms with E-state index in [9.17, 15) is 9.59 Å². The number of aromatic nitrogens is 1. The van der Waals surface area contributed by atoms with Gasteiger partial charge in [0.05, 0.1) is 5.56 Å². The average molecular weight is 368 g/mol. The molecule has 0 saturated carbocycles. The van der Waals surface area contributed by atoms with E-state index in [0.717, 1.165) is 23.9 Å². The molecule has 0 bridgehead atoms. The molecule has 1 aliphatic rings. The number of nitrogens with zero attached hydrogens (tertiary/aromatic N) is 2. The summed E-state index contributed by atoms with van der Waals surface area (Å²) in [5, 5.41) is 2.91. The second-order valence-electron chi connectivity index (χ2n) is 6.36. The van der Waals surface area contributed by atoms with Crippen LogP contribution in [-0.4, -0.2) is 34.5 Å². The van der Waals surface area contributed by atoms with Gasteiger partial charge in [-0.1, -0.05) is 18.2 Å². The molecule has 134 valence electrons. The number of carbonyl (C=O) groups excluding carboxylic acids is 2. The van der Waals surface area contributed by atoms with Gasteiger partial charge in [0.1, 0.15) is 0 Å². The van der Waals surface area contributed by atoms with Crippen molar-refractivity contribution < 1.29 is 14.3 Å². The van der Waals surface area contributed by atoms with Gasteiger partial charge in [-0.2, -0.15) is 0 Å². The first-order valence-corrected chi connectivity index (χ1v) is 9.63. The Balaban J connectivity index is 1.44. The van der Waals surface area contributed by atoms with E-state index in [1.54, 1.807) is 22.4 Å². The summed E-state index contributed by atoms with van der Waals surface area (Å²) in [5.41, 5.74) is 2.70. The molecule has 1 aliphatic heterocycles. The Bertz CT molecular complexity index is 973. The smallest absolute Gasteiger partial charge is 0.340 e. The fraction of sp³-hybridized carbons (Fsp3) is 0.300. The van der Waals surface area contributed by atoms with Crippen molar-refractivity contribution in [1.29, 1.82) is 0 Å². The van der Waals surface area contributed by atoms with Crippen LogP contribution in [0, 0.1) is 0 Å². The summed E-state index contributed by atoms with van der Waals surface area (Å²) in [6.07, 6.45) is 2.67. The van der Waals surface area contributed by atoms with Crippen molar-refractivity contribution in [2.24, 2.45) is 0 Å². The molecule has 6 heteroatoms. The van der Waals surface area contributed by atoms with Crippen molar-refractivity contribution in [1.82, 2.24) is 9.47 Å². The topological polar surface area (TPSA) is 51.5 Å². The van der Waals surface area contributed by atoms with Crippen molar-refractivity contribution in [3.05, 3.63) is 57.9 Å². The number of hydrogen-bond acceptors (Lipinski definition) is 4. The first-order valence-electron chi connectivity index (χ1n) is 8.75. The lowest BCUT2D eigenvalue weighted by atomic mass is 10.1. The van der Waals surface area contributed by atoms with E-state index < -0.39 is 5.97 Å². The maximum Gasteiger partial charge on any atom is 0.340 e. The number of aryl methyl sites for hydroxylation is 1. The summed E-state index contributed by atoms with van der Waals surface area (Å²) < 4.78 is 7.35. The lowest BCUT2D eigenvalue weighted by Gasteiger charge is -2.26. The highest BCUT2D eigenvalue weighted by atomic mass is 32.1.